The molecular formula is C25H28N2O4S. The molecule has 168 valence electrons. The number of piperidine rings is 1. The second kappa shape index (κ2) is 8.90. The Balaban J connectivity index is 1.87. The molecule has 0 radical (unpaired) electrons. The van der Waals surface area contributed by atoms with Crippen molar-refractivity contribution in [3.63, 3.8) is 0 Å². The topological polar surface area (TPSA) is 76.6 Å². The minimum atomic E-state index is -3.82. The van der Waals surface area contributed by atoms with E-state index in [0.29, 0.717) is 25.4 Å². The highest BCUT2D eigenvalue weighted by molar-refractivity contribution is 7.91. The van der Waals surface area contributed by atoms with Crippen LogP contribution >= 0.6 is 0 Å². The maximum atomic E-state index is 13.8. The minimum Gasteiger partial charge on any atom is -0.466 e. The number of fused-ring (bicyclic) bond motifs is 1. The molecule has 0 amide bonds. The minimum absolute atomic E-state index is 0.170. The molecule has 1 atom stereocenters. The smallest absolute Gasteiger partial charge is 0.310 e. The fourth-order valence-electron chi connectivity index (χ4n) is 4.27. The third kappa shape index (κ3) is 4.09. The van der Waals surface area contributed by atoms with E-state index in [9.17, 15) is 13.2 Å². The number of carbonyl (C=O) groups excluding carboxylic acids is 1. The molecule has 0 aliphatic carbocycles. The van der Waals surface area contributed by atoms with Crippen LogP contribution in [0.3, 0.4) is 0 Å². The SMILES string of the molecule is CCOC(=O)C1CCCN(c2c(S(=O)(=O)c3ccc(C)c(C)c3)cnc3ccccc23)C1. The van der Waals surface area contributed by atoms with E-state index in [1.165, 1.54) is 6.20 Å². The van der Waals surface area contributed by atoms with Gasteiger partial charge in [0, 0.05) is 24.7 Å². The van der Waals surface area contributed by atoms with Crippen molar-refractivity contribution in [3.8, 4) is 0 Å². The van der Waals surface area contributed by atoms with E-state index in [1.54, 1.807) is 19.1 Å². The summed E-state index contributed by atoms with van der Waals surface area (Å²) in [7, 11) is -3.82. The molecule has 2 heterocycles. The van der Waals surface area contributed by atoms with Gasteiger partial charge in [-0.25, -0.2) is 8.42 Å². The number of aromatic nitrogens is 1. The molecular weight excluding hydrogens is 424 g/mol. The number of hydrogen-bond donors (Lipinski definition) is 0. The van der Waals surface area contributed by atoms with Crippen LogP contribution in [0.4, 0.5) is 5.69 Å². The molecule has 0 spiro atoms. The van der Waals surface area contributed by atoms with Crippen molar-refractivity contribution in [1.29, 1.82) is 0 Å². The van der Waals surface area contributed by atoms with Gasteiger partial charge < -0.3 is 9.64 Å². The molecule has 1 saturated heterocycles. The van der Waals surface area contributed by atoms with Crippen molar-refractivity contribution in [2.24, 2.45) is 5.92 Å². The number of aryl methyl sites for hydroxylation is 2. The van der Waals surface area contributed by atoms with E-state index in [2.05, 4.69) is 4.98 Å². The summed E-state index contributed by atoms with van der Waals surface area (Å²) in [5, 5.41) is 0.766. The van der Waals surface area contributed by atoms with Gasteiger partial charge in [-0.3, -0.25) is 9.78 Å². The second-order valence-electron chi connectivity index (χ2n) is 8.27. The first kappa shape index (κ1) is 22.3. The van der Waals surface area contributed by atoms with Crippen LogP contribution in [0, 0.1) is 19.8 Å². The van der Waals surface area contributed by atoms with E-state index in [1.807, 2.05) is 49.1 Å². The Labute approximate surface area is 189 Å². The van der Waals surface area contributed by atoms with Gasteiger partial charge in [0.25, 0.3) is 0 Å². The lowest BCUT2D eigenvalue weighted by Crippen LogP contribution is -2.40. The number of anilines is 1. The summed E-state index contributed by atoms with van der Waals surface area (Å²) >= 11 is 0. The molecule has 32 heavy (non-hydrogen) atoms. The van der Waals surface area contributed by atoms with E-state index in [-0.39, 0.29) is 21.7 Å². The molecule has 7 heteroatoms. The number of benzene rings is 2. The normalized spacial score (nSPS) is 16.8. The van der Waals surface area contributed by atoms with Gasteiger partial charge >= 0.3 is 5.97 Å². The van der Waals surface area contributed by atoms with Gasteiger partial charge in [-0.1, -0.05) is 24.3 Å². The molecule has 1 aliphatic heterocycles. The van der Waals surface area contributed by atoms with Crippen LogP contribution in [0.1, 0.15) is 30.9 Å². The molecule has 0 saturated carbocycles. The van der Waals surface area contributed by atoms with Crippen LogP contribution in [0.2, 0.25) is 0 Å². The van der Waals surface area contributed by atoms with Crippen molar-refractivity contribution in [1.82, 2.24) is 4.98 Å². The summed E-state index contributed by atoms with van der Waals surface area (Å²) in [5.74, 6) is -0.512. The van der Waals surface area contributed by atoms with Gasteiger partial charge in [0.1, 0.15) is 4.90 Å². The van der Waals surface area contributed by atoms with Gasteiger partial charge in [0.15, 0.2) is 0 Å². The van der Waals surface area contributed by atoms with E-state index < -0.39 is 9.84 Å². The maximum absolute atomic E-state index is 13.8. The zero-order valence-electron chi connectivity index (χ0n) is 18.7. The Morgan fingerprint density at radius 3 is 2.69 bits per heavy atom. The van der Waals surface area contributed by atoms with Crippen LogP contribution in [0.5, 0.6) is 0 Å². The van der Waals surface area contributed by atoms with E-state index >= 15 is 0 Å². The number of esters is 1. The van der Waals surface area contributed by atoms with Crippen molar-refractivity contribution in [2.75, 3.05) is 24.6 Å². The first-order valence-electron chi connectivity index (χ1n) is 10.9. The Hall–Kier alpha value is -2.93. The maximum Gasteiger partial charge on any atom is 0.310 e. The van der Waals surface area contributed by atoms with Crippen molar-refractivity contribution in [2.45, 2.75) is 43.4 Å². The largest absolute Gasteiger partial charge is 0.466 e. The molecule has 0 bridgehead atoms. The quantitative estimate of drug-likeness (QED) is 0.532. The van der Waals surface area contributed by atoms with Gasteiger partial charge in [-0.2, -0.15) is 0 Å². The highest BCUT2D eigenvalue weighted by Gasteiger charge is 2.32. The van der Waals surface area contributed by atoms with Gasteiger partial charge in [-0.15, -0.1) is 0 Å². The molecule has 1 aliphatic rings. The summed E-state index contributed by atoms with van der Waals surface area (Å²) in [6, 6.07) is 12.7. The fraction of sp³-hybridized carbons (Fsp3) is 0.360. The molecule has 1 fully saturated rings. The molecule has 0 N–H and O–H groups in total. The summed E-state index contributed by atoms with van der Waals surface area (Å²) in [4.78, 5) is 19.3. The van der Waals surface area contributed by atoms with Crippen LogP contribution < -0.4 is 4.90 Å². The predicted molar refractivity (Wildman–Crippen MR) is 125 cm³/mol. The number of nitrogens with zero attached hydrogens (tertiary/aromatic N) is 2. The zero-order chi connectivity index (χ0) is 22.9. The van der Waals surface area contributed by atoms with Gasteiger partial charge in [-0.05, 0) is 62.9 Å². The molecule has 1 unspecified atom stereocenters. The monoisotopic (exact) mass is 452 g/mol. The average molecular weight is 453 g/mol. The Bertz CT molecular complexity index is 1270. The number of rotatable bonds is 5. The van der Waals surface area contributed by atoms with E-state index in [0.717, 1.165) is 34.9 Å². The second-order valence-corrected chi connectivity index (χ2v) is 10.2. The number of para-hydroxylation sites is 1. The Morgan fingerprint density at radius 1 is 1.16 bits per heavy atom. The molecule has 3 aromatic rings. The van der Waals surface area contributed by atoms with Gasteiger partial charge in [0.05, 0.1) is 28.6 Å². The lowest BCUT2D eigenvalue weighted by Gasteiger charge is -2.35. The first-order valence-corrected chi connectivity index (χ1v) is 12.4. The van der Waals surface area contributed by atoms with Crippen molar-refractivity contribution >= 4 is 32.4 Å². The third-order valence-corrected chi connectivity index (χ3v) is 7.90. The summed E-state index contributed by atoms with van der Waals surface area (Å²) in [6.45, 7) is 7.07. The molecule has 1 aromatic heterocycles. The van der Waals surface area contributed by atoms with Crippen molar-refractivity contribution < 1.29 is 17.9 Å². The van der Waals surface area contributed by atoms with E-state index in [4.69, 9.17) is 4.74 Å². The van der Waals surface area contributed by atoms with Crippen LogP contribution in [-0.2, 0) is 19.4 Å². The summed E-state index contributed by atoms with van der Waals surface area (Å²) < 4.78 is 32.8. The van der Waals surface area contributed by atoms with Crippen LogP contribution in [-0.4, -0.2) is 39.1 Å². The average Bonchev–Trinajstić information content (AvgIpc) is 2.80. The standard InChI is InChI=1S/C25H28N2O4S/c1-4-31-25(28)19-8-7-13-27(16-19)24-21-9-5-6-10-22(21)26-15-23(24)32(29,30)20-12-11-17(2)18(3)14-20/h5-6,9-12,14-15,19H,4,7-8,13,16H2,1-3H3. The third-order valence-electron chi connectivity index (χ3n) is 6.15. The Kier molecular flexibility index (Phi) is 6.20. The zero-order valence-corrected chi connectivity index (χ0v) is 19.5. The number of carbonyl (C=O) groups is 1. The first-order chi connectivity index (χ1) is 15.3. The lowest BCUT2D eigenvalue weighted by atomic mass is 9.97. The number of pyridine rings is 1. The molecule has 4 rings (SSSR count). The number of sulfone groups is 1. The summed E-state index contributed by atoms with van der Waals surface area (Å²) in [5.41, 5.74) is 3.29. The highest BCUT2D eigenvalue weighted by Crippen LogP contribution is 2.38. The molecule has 6 nitrogen and oxygen atoms in total. The lowest BCUT2D eigenvalue weighted by molar-refractivity contribution is -0.148. The number of hydrogen-bond acceptors (Lipinski definition) is 6. The van der Waals surface area contributed by atoms with Crippen LogP contribution in [0.15, 0.2) is 58.5 Å². The fourth-order valence-corrected chi connectivity index (χ4v) is 5.79. The Morgan fingerprint density at radius 2 is 1.94 bits per heavy atom. The highest BCUT2D eigenvalue weighted by atomic mass is 32.2. The van der Waals surface area contributed by atoms with Gasteiger partial charge in [0.2, 0.25) is 9.84 Å². The molecule has 2 aromatic carbocycles. The number of ether oxygens (including phenoxy) is 1. The predicted octanol–water partition coefficient (Wildman–Crippen LogP) is 4.46. The van der Waals surface area contributed by atoms with Crippen molar-refractivity contribution in [3.05, 3.63) is 59.8 Å². The summed E-state index contributed by atoms with van der Waals surface area (Å²) in [6.07, 6.45) is 2.97. The van der Waals surface area contributed by atoms with Crippen LogP contribution in [0.25, 0.3) is 10.9 Å².